The first-order valence-electron chi connectivity index (χ1n) is 3.70. The summed E-state index contributed by atoms with van der Waals surface area (Å²) >= 11 is 0. The normalized spacial score (nSPS) is 10.5. The quantitative estimate of drug-likeness (QED) is 0.661. The minimum absolute atomic E-state index is 0.349. The number of hydrogen-bond acceptors (Lipinski definition) is 3. The molecule has 3 nitrogen and oxygen atoms in total. The maximum atomic E-state index is 5.62. The summed E-state index contributed by atoms with van der Waals surface area (Å²) in [5.41, 5.74) is 7.43. The molecule has 1 heterocycles. The van der Waals surface area contributed by atoms with Crippen LogP contribution in [0.15, 0.2) is 6.20 Å². The summed E-state index contributed by atoms with van der Waals surface area (Å²) in [5, 5.41) is 0. The highest BCUT2D eigenvalue weighted by atomic mass is 14.9. The van der Waals surface area contributed by atoms with Crippen molar-refractivity contribution in [3.05, 3.63) is 17.6 Å². The topological polar surface area (TPSA) is 51.8 Å². The predicted molar refractivity (Wildman–Crippen MR) is 45.3 cm³/mol. The van der Waals surface area contributed by atoms with E-state index in [1.165, 1.54) is 0 Å². The standard InChI is InChI=1S/C8H13N3/c1-5(2)7-8(9)10-4-6(3)11-7/h4-5H,1-3H3,(H2,9,10). The number of aromatic nitrogens is 2. The largest absolute Gasteiger partial charge is 0.382 e. The predicted octanol–water partition coefficient (Wildman–Crippen LogP) is 1.49. The van der Waals surface area contributed by atoms with Gasteiger partial charge in [-0.05, 0) is 12.8 Å². The minimum Gasteiger partial charge on any atom is -0.382 e. The molecule has 1 rings (SSSR count). The molecule has 0 aliphatic rings. The summed E-state index contributed by atoms with van der Waals surface area (Å²) in [6.07, 6.45) is 1.68. The fraction of sp³-hybridized carbons (Fsp3) is 0.500. The van der Waals surface area contributed by atoms with Gasteiger partial charge in [-0.1, -0.05) is 13.8 Å². The Morgan fingerprint density at radius 2 is 2.09 bits per heavy atom. The van der Waals surface area contributed by atoms with Gasteiger partial charge in [-0.2, -0.15) is 0 Å². The lowest BCUT2D eigenvalue weighted by Gasteiger charge is -2.06. The number of aryl methyl sites for hydroxylation is 1. The van der Waals surface area contributed by atoms with E-state index in [0.29, 0.717) is 11.7 Å². The first-order chi connectivity index (χ1) is 5.11. The van der Waals surface area contributed by atoms with Gasteiger partial charge in [-0.15, -0.1) is 0 Å². The van der Waals surface area contributed by atoms with Gasteiger partial charge in [0.2, 0.25) is 0 Å². The number of nitrogens with zero attached hydrogens (tertiary/aromatic N) is 2. The molecule has 11 heavy (non-hydrogen) atoms. The highest BCUT2D eigenvalue weighted by Gasteiger charge is 2.05. The molecule has 0 saturated carbocycles. The summed E-state index contributed by atoms with van der Waals surface area (Å²) in [6.45, 7) is 6.03. The molecule has 0 aromatic carbocycles. The van der Waals surface area contributed by atoms with Crippen LogP contribution < -0.4 is 5.73 Å². The van der Waals surface area contributed by atoms with Crippen molar-refractivity contribution in [1.29, 1.82) is 0 Å². The Hall–Kier alpha value is -1.12. The molecule has 3 heteroatoms. The van der Waals surface area contributed by atoms with Crippen LogP contribution in [0.4, 0.5) is 5.82 Å². The van der Waals surface area contributed by atoms with Crippen LogP contribution in [0.1, 0.15) is 31.2 Å². The van der Waals surface area contributed by atoms with E-state index in [2.05, 4.69) is 23.8 Å². The van der Waals surface area contributed by atoms with Gasteiger partial charge in [-0.3, -0.25) is 4.98 Å². The summed E-state index contributed by atoms with van der Waals surface area (Å²) in [5.74, 6) is 0.896. The van der Waals surface area contributed by atoms with Gasteiger partial charge in [0.15, 0.2) is 0 Å². The molecule has 0 unspecified atom stereocenters. The van der Waals surface area contributed by atoms with E-state index in [9.17, 15) is 0 Å². The smallest absolute Gasteiger partial charge is 0.145 e. The maximum absolute atomic E-state index is 5.62. The van der Waals surface area contributed by atoms with Crippen molar-refractivity contribution in [2.24, 2.45) is 0 Å². The zero-order valence-electron chi connectivity index (χ0n) is 7.13. The monoisotopic (exact) mass is 151 g/mol. The first-order valence-corrected chi connectivity index (χ1v) is 3.70. The first kappa shape index (κ1) is 7.98. The van der Waals surface area contributed by atoms with Crippen molar-refractivity contribution in [1.82, 2.24) is 9.97 Å². The van der Waals surface area contributed by atoms with Gasteiger partial charge in [0.25, 0.3) is 0 Å². The lowest BCUT2D eigenvalue weighted by molar-refractivity contribution is 0.809. The third-order valence-corrected chi connectivity index (χ3v) is 1.50. The second kappa shape index (κ2) is 2.86. The van der Waals surface area contributed by atoms with Gasteiger partial charge in [0.1, 0.15) is 5.82 Å². The van der Waals surface area contributed by atoms with Gasteiger partial charge in [0.05, 0.1) is 17.6 Å². The van der Waals surface area contributed by atoms with E-state index in [1.807, 2.05) is 6.92 Å². The van der Waals surface area contributed by atoms with Crippen LogP contribution >= 0.6 is 0 Å². The van der Waals surface area contributed by atoms with E-state index >= 15 is 0 Å². The molecular formula is C8H13N3. The summed E-state index contributed by atoms with van der Waals surface area (Å²) in [7, 11) is 0. The Kier molecular flexibility index (Phi) is 2.08. The van der Waals surface area contributed by atoms with E-state index in [-0.39, 0.29) is 0 Å². The fourth-order valence-electron chi connectivity index (χ4n) is 0.930. The molecule has 0 bridgehead atoms. The van der Waals surface area contributed by atoms with Crippen LogP contribution in [0.3, 0.4) is 0 Å². The summed E-state index contributed by atoms with van der Waals surface area (Å²) < 4.78 is 0. The molecule has 0 saturated heterocycles. The van der Waals surface area contributed by atoms with Crippen molar-refractivity contribution in [2.75, 3.05) is 5.73 Å². The highest BCUT2D eigenvalue weighted by molar-refractivity contribution is 5.36. The molecule has 60 valence electrons. The zero-order chi connectivity index (χ0) is 8.43. The number of hydrogen-bond donors (Lipinski definition) is 1. The minimum atomic E-state index is 0.349. The third-order valence-electron chi connectivity index (χ3n) is 1.50. The zero-order valence-corrected chi connectivity index (χ0v) is 7.13. The van der Waals surface area contributed by atoms with Crippen LogP contribution in [-0.4, -0.2) is 9.97 Å². The van der Waals surface area contributed by atoms with Gasteiger partial charge in [0, 0.05) is 0 Å². The maximum Gasteiger partial charge on any atom is 0.145 e. The van der Waals surface area contributed by atoms with Crippen LogP contribution in [0, 0.1) is 6.92 Å². The molecular weight excluding hydrogens is 138 g/mol. The van der Waals surface area contributed by atoms with Crippen molar-refractivity contribution in [3.8, 4) is 0 Å². The molecule has 0 aliphatic heterocycles. The highest BCUT2D eigenvalue weighted by Crippen LogP contribution is 2.16. The van der Waals surface area contributed by atoms with Crippen molar-refractivity contribution in [2.45, 2.75) is 26.7 Å². The van der Waals surface area contributed by atoms with Crippen molar-refractivity contribution in [3.63, 3.8) is 0 Å². The van der Waals surface area contributed by atoms with Crippen molar-refractivity contribution < 1.29 is 0 Å². The molecule has 0 fully saturated rings. The van der Waals surface area contributed by atoms with E-state index in [4.69, 9.17) is 5.73 Å². The Morgan fingerprint density at radius 3 is 2.55 bits per heavy atom. The Labute approximate surface area is 66.7 Å². The molecule has 1 aromatic heterocycles. The average molecular weight is 151 g/mol. The van der Waals surface area contributed by atoms with E-state index in [0.717, 1.165) is 11.4 Å². The van der Waals surface area contributed by atoms with Crippen LogP contribution in [0.5, 0.6) is 0 Å². The molecule has 0 aliphatic carbocycles. The third kappa shape index (κ3) is 1.67. The van der Waals surface area contributed by atoms with Crippen molar-refractivity contribution >= 4 is 5.82 Å². The van der Waals surface area contributed by atoms with Gasteiger partial charge >= 0.3 is 0 Å². The van der Waals surface area contributed by atoms with E-state index in [1.54, 1.807) is 6.20 Å². The number of nitrogen functional groups attached to an aromatic ring is 1. The molecule has 2 N–H and O–H groups in total. The molecule has 0 spiro atoms. The van der Waals surface area contributed by atoms with Crippen LogP contribution in [0.2, 0.25) is 0 Å². The SMILES string of the molecule is Cc1cnc(N)c(C(C)C)n1. The number of nitrogens with two attached hydrogens (primary N) is 1. The fourth-order valence-corrected chi connectivity index (χ4v) is 0.930. The molecule has 0 amide bonds. The lowest BCUT2D eigenvalue weighted by Crippen LogP contribution is -2.03. The van der Waals surface area contributed by atoms with Crippen LogP contribution in [0.25, 0.3) is 0 Å². The summed E-state index contributed by atoms with van der Waals surface area (Å²) in [6, 6.07) is 0. The van der Waals surface area contributed by atoms with Crippen LogP contribution in [-0.2, 0) is 0 Å². The second-order valence-electron chi connectivity index (χ2n) is 2.94. The van der Waals surface area contributed by atoms with Gasteiger partial charge in [-0.25, -0.2) is 4.98 Å². The average Bonchev–Trinajstić information content (AvgIpc) is 1.94. The Balaban J connectivity index is 3.13. The number of rotatable bonds is 1. The Morgan fingerprint density at radius 1 is 1.45 bits per heavy atom. The summed E-state index contributed by atoms with van der Waals surface area (Å²) in [4.78, 5) is 8.30. The molecule has 1 aromatic rings. The Bertz CT molecular complexity index is 256. The molecule has 0 atom stereocenters. The van der Waals surface area contributed by atoms with E-state index < -0.39 is 0 Å². The second-order valence-corrected chi connectivity index (χ2v) is 2.94. The van der Waals surface area contributed by atoms with Gasteiger partial charge < -0.3 is 5.73 Å². The lowest BCUT2D eigenvalue weighted by atomic mass is 10.1. The number of anilines is 1. The molecule has 0 radical (unpaired) electrons.